The standard InChI is InChI=1S/C18H23NO3S/c1-12(13-5-6-13)19-17(20)10-22-18(21)11-23-16-8-7-14-3-2-4-15(14)9-16/h7-9,12-13H,2-6,10-11H2,1H3,(H,19,20)/t12-/m0/s1. The third-order valence-corrected chi connectivity index (χ3v) is 5.48. The number of esters is 1. The fourth-order valence-electron chi connectivity index (χ4n) is 2.98. The maximum absolute atomic E-state index is 11.8. The second-order valence-corrected chi connectivity index (χ2v) is 7.48. The molecule has 4 nitrogen and oxygen atoms in total. The van der Waals surface area contributed by atoms with Crippen molar-refractivity contribution in [2.24, 2.45) is 5.92 Å². The molecular formula is C18H23NO3S. The zero-order valence-electron chi connectivity index (χ0n) is 13.5. The Kier molecular flexibility index (Phi) is 5.26. The molecule has 1 aromatic rings. The molecule has 5 heteroatoms. The molecular weight excluding hydrogens is 310 g/mol. The Morgan fingerprint density at radius 1 is 1.30 bits per heavy atom. The van der Waals surface area contributed by atoms with E-state index < -0.39 is 0 Å². The largest absolute Gasteiger partial charge is 0.455 e. The Morgan fingerprint density at radius 3 is 2.87 bits per heavy atom. The highest BCUT2D eigenvalue weighted by Gasteiger charge is 2.28. The van der Waals surface area contributed by atoms with Crippen LogP contribution in [0.1, 0.15) is 37.3 Å². The maximum Gasteiger partial charge on any atom is 0.316 e. The van der Waals surface area contributed by atoms with Gasteiger partial charge in [0.15, 0.2) is 6.61 Å². The molecule has 1 atom stereocenters. The van der Waals surface area contributed by atoms with Crippen molar-refractivity contribution < 1.29 is 14.3 Å². The topological polar surface area (TPSA) is 55.4 Å². The first-order valence-electron chi connectivity index (χ1n) is 8.31. The van der Waals surface area contributed by atoms with Gasteiger partial charge in [0.25, 0.3) is 5.91 Å². The van der Waals surface area contributed by atoms with Crippen LogP contribution in [0.15, 0.2) is 23.1 Å². The number of amides is 1. The first kappa shape index (κ1) is 16.4. The fraction of sp³-hybridized carbons (Fsp3) is 0.556. The van der Waals surface area contributed by atoms with E-state index in [9.17, 15) is 9.59 Å². The van der Waals surface area contributed by atoms with Gasteiger partial charge in [-0.3, -0.25) is 9.59 Å². The summed E-state index contributed by atoms with van der Waals surface area (Å²) in [4.78, 5) is 24.6. The van der Waals surface area contributed by atoms with Crippen LogP contribution in [0.5, 0.6) is 0 Å². The van der Waals surface area contributed by atoms with Crippen LogP contribution in [0.3, 0.4) is 0 Å². The lowest BCUT2D eigenvalue weighted by Gasteiger charge is -2.12. The predicted octanol–water partition coefficient (Wildman–Crippen LogP) is 2.73. The van der Waals surface area contributed by atoms with Crippen molar-refractivity contribution in [3.8, 4) is 0 Å². The predicted molar refractivity (Wildman–Crippen MR) is 90.5 cm³/mol. The molecule has 0 unspecified atom stereocenters. The van der Waals surface area contributed by atoms with E-state index in [0.717, 1.165) is 17.7 Å². The molecule has 0 aliphatic heterocycles. The van der Waals surface area contributed by atoms with Crippen LogP contribution in [0.2, 0.25) is 0 Å². The molecule has 124 valence electrons. The molecule has 2 aliphatic carbocycles. The number of hydrogen-bond acceptors (Lipinski definition) is 4. The Hall–Kier alpha value is -1.49. The number of carbonyl (C=O) groups excluding carboxylic acids is 2. The summed E-state index contributed by atoms with van der Waals surface area (Å²) in [5.41, 5.74) is 2.83. The van der Waals surface area contributed by atoms with Gasteiger partial charge in [-0.25, -0.2) is 0 Å². The Morgan fingerprint density at radius 2 is 2.09 bits per heavy atom. The SMILES string of the molecule is C[C@H](NC(=O)COC(=O)CSc1ccc2c(c1)CCC2)C1CC1. The molecule has 1 fully saturated rings. The van der Waals surface area contributed by atoms with Crippen molar-refractivity contribution in [1.82, 2.24) is 5.32 Å². The molecule has 2 aliphatic rings. The van der Waals surface area contributed by atoms with Crippen molar-refractivity contribution in [1.29, 1.82) is 0 Å². The van der Waals surface area contributed by atoms with Crippen molar-refractivity contribution in [2.75, 3.05) is 12.4 Å². The van der Waals surface area contributed by atoms with Crippen molar-refractivity contribution >= 4 is 23.6 Å². The maximum atomic E-state index is 11.8. The summed E-state index contributed by atoms with van der Waals surface area (Å²) in [6.07, 6.45) is 5.88. The van der Waals surface area contributed by atoms with E-state index in [2.05, 4.69) is 23.5 Å². The van der Waals surface area contributed by atoms with Crippen LogP contribution in [-0.2, 0) is 27.2 Å². The van der Waals surface area contributed by atoms with Gasteiger partial charge in [-0.05, 0) is 68.2 Å². The van der Waals surface area contributed by atoms with Gasteiger partial charge >= 0.3 is 5.97 Å². The van der Waals surface area contributed by atoms with Gasteiger partial charge in [0.05, 0.1) is 5.75 Å². The average Bonchev–Trinajstić information content (AvgIpc) is 3.29. The molecule has 0 saturated heterocycles. The minimum Gasteiger partial charge on any atom is -0.455 e. The lowest BCUT2D eigenvalue weighted by molar-refractivity contribution is -0.146. The lowest BCUT2D eigenvalue weighted by Crippen LogP contribution is -2.37. The van der Waals surface area contributed by atoms with E-state index in [0.29, 0.717) is 5.92 Å². The Balaban J connectivity index is 1.36. The van der Waals surface area contributed by atoms with Crippen LogP contribution >= 0.6 is 11.8 Å². The quantitative estimate of drug-likeness (QED) is 0.616. The Labute approximate surface area is 141 Å². The molecule has 1 saturated carbocycles. The van der Waals surface area contributed by atoms with E-state index in [4.69, 9.17) is 4.74 Å². The van der Waals surface area contributed by atoms with Crippen LogP contribution in [0, 0.1) is 5.92 Å². The number of benzene rings is 1. The molecule has 0 bridgehead atoms. The van der Waals surface area contributed by atoms with Gasteiger partial charge in [-0.15, -0.1) is 11.8 Å². The number of aryl methyl sites for hydroxylation is 2. The van der Waals surface area contributed by atoms with Crippen molar-refractivity contribution in [3.05, 3.63) is 29.3 Å². The molecule has 1 amide bonds. The molecule has 3 rings (SSSR count). The molecule has 1 aromatic carbocycles. The minimum absolute atomic E-state index is 0.180. The number of nitrogens with one attached hydrogen (secondary N) is 1. The van der Waals surface area contributed by atoms with Crippen molar-refractivity contribution in [3.63, 3.8) is 0 Å². The molecule has 0 radical (unpaired) electrons. The smallest absolute Gasteiger partial charge is 0.316 e. The monoisotopic (exact) mass is 333 g/mol. The highest BCUT2D eigenvalue weighted by Crippen LogP contribution is 2.32. The van der Waals surface area contributed by atoms with Gasteiger partial charge in [0, 0.05) is 10.9 Å². The van der Waals surface area contributed by atoms with Crippen LogP contribution in [0.25, 0.3) is 0 Å². The van der Waals surface area contributed by atoms with Crippen LogP contribution in [0.4, 0.5) is 0 Å². The summed E-state index contributed by atoms with van der Waals surface area (Å²) in [5.74, 6) is 0.291. The molecule has 0 heterocycles. The second kappa shape index (κ2) is 7.39. The number of hydrogen-bond donors (Lipinski definition) is 1. The summed E-state index contributed by atoms with van der Waals surface area (Å²) < 4.78 is 5.05. The third kappa shape index (κ3) is 4.74. The number of thioether (sulfide) groups is 1. The van der Waals surface area contributed by atoms with E-state index in [1.54, 1.807) is 0 Å². The molecule has 0 spiro atoms. The van der Waals surface area contributed by atoms with E-state index in [1.807, 2.05) is 6.92 Å². The first-order valence-corrected chi connectivity index (χ1v) is 9.30. The van der Waals surface area contributed by atoms with Gasteiger partial charge < -0.3 is 10.1 Å². The highest BCUT2D eigenvalue weighted by molar-refractivity contribution is 8.00. The zero-order chi connectivity index (χ0) is 16.2. The summed E-state index contributed by atoms with van der Waals surface area (Å²) in [7, 11) is 0. The van der Waals surface area contributed by atoms with E-state index in [1.165, 1.54) is 42.2 Å². The summed E-state index contributed by atoms with van der Waals surface area (Å²) in [6.45, 7) is 1.82. The summed E-state index contributed by atoms with van der Waals surface area (Å²) >= 11 is 1.47. The van der Waals surface area contributed by atoms with Gasteiger partial charge in [0.2, 0.25) is 0 Å². The zero-order valence-corrected chi connectivity index (χ0v) is 14.3. The number of rotatable bonds is 7. The summed E-state index contributed by atoms with van der Waals surface area (Å²) in [6, 6.07) is 6.57. The Bertz CT molecular complexity index is 598. The van der Waals surface area contributed by atoms with Gasteiger partial charge in [0.1, 0.15) is 0 Å². The fourth-order valence-corrected chi connectivity index (χ4v) is 3.74. The minimum atomic E-state index is -0.343. The summed E-state index contributed by atoms with van der Waals surface area (Å²) in [5, 5.41) is 2.88. The van der Waals surface area contributed by atoms with E-state index in [-0.39, 0.29) is 30.3 Å². The van der Waals surface area contributed by atoms with Crippen molar-refractivity contribution in [2.45, 2.75) is 50.0 Å². The molecule has 23 heavy (non-hydrogen) atoms. The lowest BCUT2D eigenvalue weighted by atomic mass is 10.1. The third-order valence-electron chi connectivity index (χ3n) is 4.51. The number of fused-ring (bicyclic) bond motifs is 1. The normalized spacial score (nSPS) is 17.4. The van der Waals surface area contributed by atoms with E-state index >= 15 is 0 Å². The number of ether oxygens (including phenoxy) is 1. The number of carbonyl (C=O) groups is 2. The van der Waals surface area contributed by atoms with Gasteiger partial charge in [-0.1, -0.05) is 6.07 Å². The molecule has 1 N–H and O–H groups in total. The highest BCUT2D eigenvalue weighted by atomic mass is 32.2. The van der Waals surface area contributed by atoms with Crippen LogP contribution < -0.4 is 5.32 Å². The average molecular weight is 333 g/mol. The van der Waals surface area contributed by atoms with Gasteiger partial charge in [-0.2, -0.15) is 0 Å². The van der Waals surface area contributed by atoms with Crippen LogP contribution in [-0.4, -0.2) is 30.3 Å². The first-order chi connectivity index (χ1) is 11.1. The second-order valence-electron chi connectivity index (χ2n) is 6.43. The molecule has 0 aromatic heterocycles.